The van der Waals surface area contributed by atoms with Gasteiger partial charge in [0, 0.05) is 24.3 Å². The number of hydrogen-bond acceptors (Lipinski definition) is 2. The van der Waals surface area contributed by atoms with Gasteiger partial charge in [-0.15, -0.1) is 0 Å². The molecule has 0 spiro atoms. The maximum atomic E-state index is 6.21. The van der Waals surface area contributed by atoms with Crippen molar-refractivity contribution in [3.05, 3.63) is 52.3 Å². The summed E-state index contributed by atoms with van der Waals surface area (Å²) < 4.78 is 1.81. The highest BCUT2D eigenvalue weighted by atomic mass is 35.5. The van der Waals surface area contributed by atoms with Gasteiger partial charge in [-0.2, -0.15) is 5.10 Å². The Balaban J connectivity index is 2.01. The fourth-order valence-electron chi connectivity index (χ4n) is 2.01. The topological polar surface area (TPSA) is 43.8 Å². The van der Waals surface area contributed by atoms with E-state index in [1.807, 2.05) is 44.6 Å². The van der Waals surface area contributed by atoms with Crippen LogP contribution >= 0.6 is 11.6 Å². The summed E-state index contributed by atoms with van der Waals surface area (Å²) in [5, 5.41) is 4.90. The molecule has 1 heterocycles. The van der Waals surface area contributed by atoms with Crippen molar-refractivity contribution in [3.8, 4) is 0 Å². The van der Waals surface area contributed by atoms with E-state index in [0.717, 1.165) is 29.0 Å². The van der Waals surface area contributed by atoms with E-state index in [-0.39, 0.29) is 6.04 Å². The number of rotatable bonds is 4. The summed E-state index contributed by atoms with van der Waals surface area (Å²) in [5.74, 6) is 0. The fraction of sp³-hybridized carbons (Fsp3) is 0.357. The van der Waals surface area contributed by atoms with Crippen LogP contribution in [-0.2, 0) is 13.5 Å². The van der Waals surface area contributed by atoms with Gasteiger partial charge in [0.2, 0.25) is 0 Å². The molecule has 2 N–H and O–H groups in total. The fourth-order valence-corrected chi connectivity index (χ4v) is 2.39. The van der Waals surface area contributed by atoms with Gasteiger partial charge < -0.3 is 5.73 Å². The van der Waals surface area contributed by atoms with Gasteiger partial charge in [-0.25, -0.2) is 0 Å². The van der Waals surface area contributed by atoms with Crippen molar-refractivity contribution in [1.82, 2.24) is 9.78 Å². The molecule has 0 fully saturated rings. The molecule has 3 nitrogen and oxygen atoms in total. The second-order valence-corrected chi connectivity index (χ2v) is 5.10. The van der Waals surface area contributed by atoms with E-state index < -0.39 is 0 Å². The predicted octanol–water partition coefficient (Wildman–Crippen LogP) is 3.01. The first-order chi connectivity index (χ1) is 8.56. The van der Waals surface area contributed by atoms with Crippen LogP contribution in [0.5, 0.6) is 0 Å². The Bertz CT molecular complexity index is 534. The predicted molar refractivity (Wildman–Crippen MR) is 74.6 cm³/mol. The summed E-state index contributed by atoms with van der Waals surface area (Å²) in [6, 6.07) is 6.00. The lowest BCUT2D eigenvalue weighted by molar-refractivity contribution is 0.651. The van der Waals surface area contributed by atoms with Crippen molar-refractivity contribution in [2.24, 2.45) is 12.8 Å². The van der Waals surface area contributed by atoms with Crippen LogP contribution in [0.2, 0.25) is 5.02 Å². The van der Waals surface area contributed by atoms with Gasteiger partial charge in [-0.1, -0.05) is 23.7 Å². The van der Waals surface area contributed by atoms with Crippen LogP contribution in [0.4, 0.5) is 0 Å². The van der Waals surface area contributed by atoms with E-state index >= 15 is 0 Å². The first kappa shape index (κ1) is 13.1. The van der Waals surface area contributed by atoms with E-state index in [1.165, 1.54) is 5.56 Å². The largest absolute Gasteiger partial charge is 0.324 e. The molecule has 18 heavy (non-hydrogen) atoms. The van der Waals surface area contributed by atoms with E-state index in [2.05, 4.69) is 5.10 Å². The van der Waals surface area contributed by atoms with E-state index in [1.54, 1.807) is 4.68 Å². The third kappa shape index (κ3) is 3.12. The molecule has 1 atom stereocenters. The van der Waals surface area contributed by atoms with Crippen LogP contribution in [-0.4, -0.2) is 9.78 Å². The summed E-state index contributed by atoms with van der Waals surface area (Å²) in [7, 11) is 1.92. The Morgan fingerprint density at radius 2 is 2.22 bits per heavy atom. The third-order valence-electron chi connectivity index (χ3n) is 3.06. The average Bonchev–Trinajstić information content (AvgIpc) is 2.72. The van der Waals surface area contributed by atoms with Gasteiger partial charge in [0.15, 0.2) is 0 Å². The molecular formula is C14H18ClN3. The van der Waals surface area contributed by atoms with Crippen molar-refractivity contribution in [3.63, 3.8) is 0 Å². The quantitative estimate of drug-likeness (QED) is 0.922. The standard InChI is InChI=1S/C14H18ClN3/c1-10-3-5-12(13(15)7-10)14(16)6-4-11-8-17-18(2)9-11/h3,5,7-9,14H,4,6,16H2,1-2H3. The van der Waals surface area contributed by atoms with Gasteiger partial charge in [0.05, 0.1) is 6.20 Å². The zero-order valence-corrected chi connectivity index (χ0v) is 11.5. The number of nitrogens with zero attached hydrogens (tertiary/aromatic N) is 2. The summed E-state index contributed by atoms with van der Waals surface area (Å²) in [6.07, 6.45) is 5.68. The molecule has 0 aliphatic rings. The van der Waals surface area contributed by atoms with Gasteiger partial charge in [0.1, 0.15) is 0 Å². The van der Waals surface area contributed by atoms with Gasteiger partial charge in [-0.3, -0.25) is 4.68 Å². The molecule has 0 saturated heterocycles. The first-order valence-electron chi connectivity index (χ1n) is 6.05. The molecule has 0 radical (unpaired) electrons. The van der Waals surface area contributed by atoms with Gasteiger partial charge >= 0.3 is 0 Å². The molecule has 4 heteroatoms. The maximum absolute atomic E-state index is 6.21. The first-order valence-corrected chi connectivity index (χ1v) is 6.43. The second kappa shape index (κ2) is 5.55. The van der Waals surface area contributed by atoms with Crippen LogP contribution in [0, 0.1) is 6.92 Å². The SMILES string of the molecule is Cc1ccc(C(N)CCc2cnn(C)c2)c(Cl)c1. The number of aryl methyl sites for hydroxylation is 3. The summed E-state index contributed by atoms with van der Waals surface area (Å²) in [6.45, 7) is 2.02. The molecule has 2 aromatic rings. The number of benzene rings is 1. The minimum Gasteiger partial charge on any atom is -0.324 e. The molecule has 1 aromatic heterocycles. The van der Waals surface area contributed by atoms with Crippen LogP contribution in [0.3, 0.4) is 0 Å². The van der Waals surface area contributed by atoms with Crippen molar-refractivity contribution in [2.75, 3.05) is 0 Å². The smallest absolute Gasteiger partial charge is 0.0521 e. The van der Waals surface area contributed by atoms with Crippen molar-refractivity contribution in [2.45, 2.75) is 25.8 Å². The highest BCUT2D eigenvalue weighted by molar-refractivity contribution is 6.31. The minimum absolute atomic E-state index is 0.0293. The Hall–Kier alpha value is -1.32. The van der Waals surface area contributed by atoms with E-state index in [4.69, 9.17) is 17.3 Å². The van der Waals surface area contributed by atoms with Gasteiger partial charge in [-0.05, 0) is 42.5 Å². The lowest BCUT2D eigenvalue weighted by Gasteiger charge is -2.13. The zero-order valence-electron chi connectivity index (χ0n) is 10.7. The monoisotopic (exact) mass is 263 g/mol. The molecule has 2 rings (SSSR count). The van der Waals surface area contributed by atoms with Crippen molar-refractivity contribution < 1.29 is 0 Å². The number of nitrogens with two attached hydrogens (primary N) is 1. The molecule has 1 aromatic carbocycles. The van der Waals surface area contributed by atoms with E-state index in [0.29, 0.717) is 0 Å². The van der Waals surface area contributed by atoms with Crippen LogP contribution in [0.25, 0.3) is 0 Å². The Morgan fingerprint density at radius 1 is 1.44 bits per heavy atom. The number of halogens is 1. The zero-order chi connectivity index (χ0) is 13.1. The molecule has 0 saturated carbocycles. The van der Waals surface area contributed by atoms with Crippen LogP contribution in [0.15, 0.2) is 30.6 Å². The molecule has 0 aliphatic heterocycles. The normalized spacial score (nSPS) is 12.7. The highest BCUT2D eigenvalue weighted by Crippen LogP contribution is 2.25. The maximum Gasteiger partial charge on any atom is 0.0521 e. The summed E-state index contributed by atoms with van der Waals surface area (Å²) >= 11 is 6.21. The van der Waals surface area contributed by atoms with E-state index in [9.17, 15) is 0 Å². The molecule has 1 unspecified atom stereocenters. The summed E-state index contributed by atoms with van der Waals surface area (Å²) in [5.41, 5.74) is 9.57. The van der Waals surface area contributed by atoms with Crippen molar-refractivity contribution in [1.29, 1.82) is 0 Å². The minimum atomic E-state index is -0.0293. The molecule has 0 amide bonds. The molecule has 0 bridgehead atoms. The van der Waals surface area contributed by atoms with Crippen molar-refractivity contribution >= 4 is 11.6 Å². The van der Waals surface area contributed by atoms with Crippen LogP contribution < -0.4 is 5.73 Å². The lowest BCUT2D eigenvalue weighted by Crippen LogP contribution is -2.11. The summed E-state index contributed by atoms with van der Waals surface area (Å²) in [4.78, 5) is 0. The highest BCUT2D eigenvalue weighted by Gasteiger charge is 2.10. The average molecular weight is 264 g/mol. The molecule has 96 valence electrons. The third-order valence-corrected chi connectivity index (χ3v) is 3.39. The molecular weight excluding hydrogens is 246 g/mol. The number of hydrogen-bond donors (Lipinski definition) is 1. The lowest BCUT2D eigenvalue weighted by atomic mass is 10.00. The van der Waals surface area contributed by atoms with Crippen LogP contribution in [0.1, 0.15) is 29.2 Å². The number of aromatic nitrogens is 2. The van der Waals surface area contributed by atoms with Gasteiger partial charge in [0.25, 0.3) is 0 Å². The molecule has 0 aliphatic carbocycles. The Kier molecular flexibility index (Phi) is 4.04. The second-order valence-electron chi connectivity index (χ2n) is 4.69. The Labute approximate surface area is 113 Å². The Morgan fingerprint density at radius 3 is 2.83 bits per heavy atom.